The molecule has 0 amide bonds. The van der Waals surface area contributed by atoms with Gasteiger partial charge in [0.25, 0.3) is 0 Å². The van der Waals surface area contributed by atoms with Crippen molar-refractivity contribution >= 4 is 65.5 Å². The fraction of sp³-hybridized carbons (Fsp3) is 0.143. The normalized spacial score (nSPS) is 17.1. The summed E-state index contributed by atoms with van der Waals surface area (Å²) in [5, 5.41) is 5.27. The van der Waals surface area contributed by atoms with Crippen molar-refractivity contribution in [1.82, 2.24) is 0 Å². The van der Waals surface area contributed by atoms with Crippen molar-refractivity contribution in [2.24, 2.45) is 0 Å². The summed E-state index contributed by atoms with van der Waals surface area (Å²) in [5.41, 5.74) is 14.5. The standard InChI is InChI=1S/2C20H15.2CH3.2ClH.Hf.H2Si/c2*1-14-12-16-8-5-11-19(20(16)13-14)18-10-4-7-15-6-2-3-9-17(15)18;;;;;;/h2*2-13H,1H3;2*1H3;2*1H;;1H2. The molecular weight excluding hydrogens is 782 g/mol. The largest absolute Gasteiger partial charge is 0.147 e. The summed E-state index contributed by atoms with van der Waals surface area (Å²) in [7, 11) is 0. The van der Waals surface area contributed by atoms with Gasteiger partial charge in [0.2, 0.25) is 0 Å². The monoisotopic (exact) mass is 822 g/mol. The first-order valence-electron chi connectivity index (χ1n) is 15.9. The van der Waals surface area contributed by atoms with Gasteiger partial charge in [-0.3, -0.25) is 0 Å². The van der Waals surface area contributed by atoms with Crippen molar-refractivity contribution in [3.63, 3.8) is 0 Å². The molecule has 230 valence electrons. The van der Waals surface area contributed by atoms with E-state index >= 15 is 0 Å². The van der Waals surface area contributed by atoms with Crippen LogP contribution < -0.4 is 0 Å². The summed E-state index contributed by atoms with van der Waals surface area (Å²) in [6.07, 6.45) is 5.07. The topological polar surface area (TPSA) is 0 Å². The van der Waals surface area contributed by atoms with Crippen molar-refractivity contribution in [1.29, 1.82) is 0 Å². The molecule has 0 aliphatic heterocycles. The first-order valence-corrected chi connectivity index (χ1v) is 35.5. The second-order valence-electron chi connectivity index (χ2n) is 14.2. The Morgan fingerprint density at radius 1 is 0.457 bits per heavy atom. The van der Waals surface area contributed by atoms with Crippen molar-refractivity contribution in [3.05, 3.63) is 155 Å². The molecule has 2 atom stereocenters. The van der Waals surface area contributed by atoms with Gasteiger partial charge in [-0.05, 0) is 0 Å². The first kappa shape index (κ1) is 32.9. The third kappa shape index (κ3) is 4.96. The van der Waals surface area contributed by atoms with Gasteiger partial charge >= 0.3 is 265 Å². The molecule has 46 heavy (non-hydrogen) atoms. The third-order valence-electron chi connectivity index (χ3n) is 10.6. The molecular formula is C42H40Cl2HfSi. The number of allylic oxidation sites excluding steroid dienone is 2. The quantitative estimate of drug-likeness (QED) is 0.155. The average Bonchev–Trinajstić information content (AvgIpc) is 3.57. The fourth-order valence-corrected chi connectivity index (χ4v) is 39.7. The molecule has 0 radical (unpaired) electrons. The maximum Gasteiger partial charge on any atom is -0.147 e. The molecule has 6 aromatic carbocycles. The van der Waals surface area contributed by atoms with E-state index in [1.54, 1.807) is 22.3 Å². The molecule has 0 saturated carbocycles. The second kappa shape index (κ2) is 11.9. The van der Waals surface area contributed by atoms with Gasteiger partial charge in [-0.1, -0.05) is 0 Å². The molecule has 6 aromatic rings. The van der Waals surface area contributed by atoms with E-state index in [0.29, 0.717) is 7.35 Å². The van der Waals surface area contributed by atoms with Gasteiger partial charge < -0.3 is 0 Å². The molecule has 0 fully saturated rings. The summed E-state index contributed by atoms with van der Waals surface area (Å²) >= 11 is -3.77. The van der Waals surface area contributed by atoms with Crippen LogP contribution in [0.4, 0.5) is 0 Å². The predicted octanol–water partition coefficient (Wildman–Crippen LogP) is 12.1. The van der Waals surface area contributed by atoms with Crippen molar-refractivity contribution in [2.45, 2.75) is 30.6 Å². The second-order valence-corrected chi connectivity index (χ2v) is 57.8. The van der Waals surface area contributed by atoms with E-state index in [0.717, 1.165) is 0 Å². The number of hydrogen-bond donors (Lipinski definition) is 0. The van der Waals surface area contributed by atoms with Crippen molar-refractivity contribution in [3.8, 4) is 22.3 Å². The van der Waals surface area contributed by atoms with Crippen molar-refractivity contribution < 1.29 is 17.1 Å². The van der Waals surface area contributed by atoms with Gasteiger partial charge in [0.1, 0.15) is 0 Å². The molecule has 0 aromatic heterocycles. The minimum absolute atomic E-state index is 0. The molecule has 0 bridgehead atoms. The number of halogens is 2. The predicted molar refractivity (Wildman–Crippen MR) is 206 cm³/mol. The van der Waals surface area contributed by atoms with Crippen LogP contribution in [-0.4, -0.2) is 6.94 Å². The molecule has 0 nitrogen and oxygen atoms in total. The molecule has 2 aliphatic carbocycles. The van der Waals surface area contributed by atoms with Gasteiger partial charge in [-0.15, -0.1) is 24.8 Å². The van der Waals surface area contributed by atoms with Crippen molar-refractivity contribution in [2.75, 3.05) is 0 Å². The summed E-state index contributed by atoms with van der Waals surface area (Å²) in [6.45, 7) is 7.26. The van der Waals surface area contributed by atoms with Crippen LogP contribution in [0.5, 0.6) is 0 Å². The van der Waals surface area contributed by atoms with E-state index < -0.39 is 17.1 Å². The Morgan fingerprint density at radius 3 is 1.24 bits per heavy atom. The zero-order chi connectivity index (χ0) is 30.2. The first-order chi connectivity index (χ1) is 21.2. The van der Waals surface area contributed by atoms with Crippen LogP contribution >= 0.6 is 24.8 Å². The maximum absolute atomic E-state index is 3.77. The van der Waals surface area contributed by atoms with Gasteiger partial charge in [0, 0.05) is 0 Å². The fourth-order valence-electron chi connectivity index (χ4n) is 9.18. The number of rotatable bonds is 4. The minimum Gasteiger partial charge on any atom is -0.147 e. The average molecular weight is 822 g/mol. The van der Waals surface area contributed by atoms with Crippen LogP contribution in [0.15, 0.2) is 132 Å². The van der Waals surface area contributed by atoms with E-state index in [4.69, 9.17) is 0 Å². The molecule has 0 N–H and O–H groups in total. The molecule has 2 unspecified atom stereocenters. The molecule has 8 rings (SSSR count). The molecule has 4 heteroatoms. The van der Waals surface area contributed by atoms with E-state index in [1.807, 2.05) is 0 Å². The minimum atomic E-state index is -3.77. The summed E-state index contributed by atoms with van der Waals surface area (Å²) < 4.78 is 6.52. The number of hydrogen-bond acceptors (Lipinski definition) is 0. The van der Waals surface area contributed by atoms with E-state index in [9.17, 15) is 0 Å². The van der Waals surface area contributed by atoms with E-state index in [1.165, 1.54) is 54.9 Å². The van der Waals surface area contributed by atoms with Crippen LogP contribution in [0, 0.1) is 0 Å². The van der Waals surface area contributed by atoms with Crippen LogP contribution in [0.1, 0.15) is 43.5 Å². The van der Waals surface area contributed by atoms with Crippen LogP contribution in [0.2, 0.25) is 9.36 Å². The van der Waals surface area contributed by atoms with Gasteiger partial charge in [0.15, 0.2) is 0 Å². The van der Waals surface area contributed by atoms with E-state index in [-0.39, 0.29) is 24.8 Å². The Bertz CT molecular complexity index is 2140. The Morgan fingerprint density at radius 2 is 0.804 bits per heavy atom. The van der Waals surface area contributed by atoms with Crippen LogP contribution in [-0.2, 0) is 17.1 Å². The summed E-state index contributed by atoms with van der Waals surface area (Å²) in [4.78, 5) is 0. The Labute approximate surface area is 288 Å². The Kier molecular flexibility index (Phi) is 8.51. The zero-order valence-electron chi connectivity index (χ0n) is 26.9. The van der Waals surface area contributed by atoms with Gasteiger partial charge in [-0.25, -0.2) is 0 Å². The molecule has 0 saturated heterocycles. The third-order valence-corrected chi connectivity index (χ3v) is 36.4. The smallest absolute Gasteiger partial charge is 0.147 e. The Hall–Kier alpha value is -3.01. The molecule has 2 aliphatic rings. The van der Waals surface area contributed by atoms with Gasteiger partial charge in [0.05, 0.1) is 0 Å². The molecule has 0 heterocycles. The van der Waals surface area contributed by atoms with Crippen LogP contribution in [0.25, 0.3) is 56.0 Å². The SMILES string of the molecule is CC1=Cc2c(-c3cccc4ccccc34)cccc2[CH]1[Hf]([CH3])([CH3])(=[SiH2])[CH]1C(C)=Cc2c(-c3cccc4ccccc34)cccc21.Cl.Cl. The number of fused-ring (bicyclic) bond motifs is 4. The zero-order valence-corrected chi connectivity index (χ0v) is 33.5. The molecule has 0 spiro atoms. The maximum atomic E-state index is 2.75. The van der Waals surface area contributed by atoms with E-state index in [2.05, 4.69) is 164 Å². The van der Waals surface area contributed by atoms with Gasteiger partial charge in [-0.2, -0.15) is 0 Å². The Balaban J connectivity index is 0.00000186. The number of benzene rings is 6. The summed E-state index contributed by atoms with van der Waals surface area (Å²) in [5.74, 6) is 0. The van der Waals surface area contributed by atoms with Crippen LogP contribution in [0.3, 0.4) is 0 Å². The summed E-state index contributed by atoms with van der Waals surface area (Å²) in [6, 6.07) is 45.3.